The normalized spacial score (nSPS) is 23.8. The van der Waals surface area contributed by atoms with Gasteiger partial charge in [-0.3, -0.25) is 9.59 Å². The molecular weight excluding hydrogens is 488 g/mol. The molecule has 2 aliphatic rings. The molecule has 2 aliphatic carbocycles. The second-order valence-corrected chi connectivity index (χ2v) is 11.0. The molecule has 6 N–H and O–H groups in total. The van der Waals surface area contributed by atoms with Crippen LogP contribution in [0, 0.1) is 30.6 Å². The Labute approximate surface area is 220 Å². The number of hydrogen-bond acceptors (Lipinski definition) is 8. The van der Waals surface area contributed by atoms with Crippen molar-refractivity contribution in [3.8, 4) is 17.2 Å². The molecule has 0 amide bonds. The van der Waals surface area contributed by atoms with Crippen molar-refractivity contribution in [2.75, 3.05) is 0 Å². The Hall–Kier alpha value is -3.78. The number of aliphatic hydroxyl groups excluding tert-OH is 3. The first kappa shape index (κ1) is 27.3. The third-order valence-corrected chi connectivity index (χ3v) is 8.13. The Morgan fingerprint density at radius 2 is 1.50 bits per heavy atom. The summed E-state index contributed by atoms with van der Waals surface area (Å²) in [6.07, 6.45) is 1.35. The van der Waals surface area contributed by atoms with Gasteiger partial charge in [0.25, 0.3) is 0 Å². The molecule has 0 heterocycles. The van der Waals surface area contributed by atoms with Crippen molar-refractivity contribution in [3.05, 3.63) is 57.1 Å². The van der Waals surface area contributed by atoms with E-state index in [9.17, 15) is 40.2 Å². The molecular formula is C30H34O8. The van der Waals surface area contributed by atoms with E-state index in [0.29, 0.717) is 34.7 Å². The molecule has 8 heteroatoms. The molecule has 0 saturated heterocycles. The molecule has 0 radical (unpaired) electrons. The average molecular weight is 523 g/mol. The summed E-state index contributed by atoms with van der Waals surface area (Å²) in [6.45, 7) is 10.8. The van der Waals surface area contributed by atoms with Gasteiger partial charge in [0.1, 0.15) is 29.7 Å². The highest BCUT2D eigenvalue weighted by molar-refractivity contribution is 6.10. The van der Waals surface area contributed by atoms with Crippen LogP contribution in [0.3, 0.4) is 0 Å². The summed E-state index contributed by atoms with van der Waals surface area (Å²) in [4.78, 5) is 24.1. The lowest BCUT2D eigenvalue weighted by molar-refractivity contribution is -0.106. The van der Waals surface area contributed by atoms with Gasteiger partial charge >= 0.3 is 0 Å². The number of phenols is 3. The van der Waals surface area contributed by atoms with Gasteiger partial charge < -0.3 is 30.6 Å². The molecule has 4 atom stereocenters. The molecule has 0 bridgehead atoms. The maximum absolute atomic E-state index is 12.1. The molecule has 0 spiro atoms. The summed E-state index contributed by atoms with van der Waals surface area (Å²) in [5.74, 6) is -4.47. The number of hydrogen-bond donors (Lipinski definition) is 6. The van der Waals surface area contributed by atoms with Gasteiger partial charge in [-0.15, -0.1) is 0 Å². The molecule has 4 rings (SSSR count). The Morgan fingerprint density at radius 3 is 2.03 bits per heavy atom. The van der Waals surface area contributed by atoms with Crippen LogP contribution in [0.2, 0.25) is 0 Å². The summed E-state index contributed by atoms with van der Waals surface area (Å²) in [5.41, 5.74) is 1.46. The first-order valence-corrected chi connectivity index (χ1v) is 12.7. The van der Waals surface area contributed by atoms with Gasteiger partial charge in [0.15, 0.2) is 17.8 Å². The zero-order chi connectivity index (χ0) is 28.4. The monoisotopic (exact) mass is 522 g/mol. The molecule has 3 unspecified atom stereocenters. The quantitative estimate of drug-likeness (QED) is 0.228. The van der Waals surface area contributed by atoms with Crippen molar-refractivity contribution in [2.45, 2.75) is 53.6 Å². The SMILES string of the molecule is CC1=C[C@H]2C(C(O)=C1c1c(C)cc3c(C(C)C)c(O)c(O)c(C=O)c3c1O)C(C=O)=C(O)C(O)C2C(C)C. The Balaban J connectivity index is 2.11. The fourth-order valence-corrected chi connectivity index (χ4v) is 6.49. The zero-order valence-electron chi connectivity index (χ0n) is 22.3. The average Bonchev–Trinajstić information content (AvgIpc) is 2.83. The van der Waals surface area contributed by atoms with E-state index < -0.39 is 41.1 Å². The minimum absolute atomic E-state index is 0.0305. The topological polar surface area (TPSA) is 156 Å². The van der Waals surface area contributed by atoms with Gasteiger partial charge in [-0.05, 0) is 48.1 Å². The van der Waals surface area contributed by atoms with Crippen molar-refractivity contribution in [2.24, 2.45) is 23.7 Å². The predicted octanol–water partition coefficient (Wildman–Crippen LogP) is 5.32. The van der Waals surface area contributed by atoms with Crippen LogP contribution in [0.5, 0.6) is 17.2 Å². The molecule has 0 aliphatic heterocycles. The van der Waals surface area contributed by atoms with Crippen molar-refractivity contribution >= 4 is 28.9 Å². The third kappa shape index (κ3) is 3.69. The van der Waals surface area contributed by atoms with Gasteiger partial charge in [-0.25, -0.2) is 0 Å². The maximum Gasteiger partial charge on any atom is 0.169 e. The Kier molecular flexibility index (Phi) is 6.82. The number of carbonyl (C=O) groups is 2. The molecule has 38 heavy (non-hydrogen) atoms. The molecule has 8 nitrogen and oxygen atoms in total. The highest BCUT2D eigenvalue weighted by atomic mass is 16.3. The number of aryl methyl sites for hydroxylation is 1. The number of carbonyl (C=O) groups excluding carboxylic acids is 2. The molecule has 0 fully saturated rings. The molecule has 2 aromatic rings. The van der Waals surface area contributed by atoms with Crippen LogP contribution in [-0.4, -0.2) is 49.3 Å². The van der Waals surface area contributed by atoms with Crippen LogP contribution in [0.1, 0.15) is 67.6 Å². The summed E-state index contributed by atoms with van der Waals surface area (Å²) in [7, 11) is 0. The van der Waals surface area contributed by atoms with Crippen molar-refractivity contribution in [3.63, 3.8) is 0 Å². The molecule has 0 aromatic heterocycles. The summed E-state index contributed by atoms with van der Waals surface area (Å²) < 4.78 is 0. The standard InChI is InChI=1S/C30H34O8/c1-11(2)19-15-7-13(5)21(27(35)23(15)17(9-31)25(33)29(19)37)22-14(6)8-16-20(12(3)4)30(38)26(34)18(10-32)24(16)28(22)36/h7-12,15,19,23,29,33-38H,1-6H3/t15-,19?,23?,29?/m1/s1. The fraction of sp³-hybridized carbons (Fsp3) is 0.400. The summed E-state index contributed by atoms with van der Waals surface area (Å²) >= 11 is 0. The first-order valence-electron chi connectivity index (χ1n) is 12.7. The molecule has 0 saturated carbocycles. The lowest BCUT2D eigenvalue weighted by Crippen LogP contribution is -2.44. The number of benzene rings is 2. The number of phenolic OH excluding ortho intramolecular Hbond substituents is 3. The highest BCUT2D eigenvalue weighted by Crippen LogP contribution is 2.54. The van der Waals surface area contributed by atoms with Crippen LogP contribution in [0.25, 0.3) is 16.3 Å². The second-order valence-electron chi connectivity index (χ2n) is 11.0. The van der Waals surface area contributed by atoms with Crippen molar-refractivity contribution < 1.29 is 40.2 Å². The Morgan fingerprint density at radius 1 is 0.868 bits per heavy atom. The van der Waals surface area contributed by atoms with E-state index >= 15 is 0 Å². The minimum atomic E-state index is -1.27. The van der Waals surface area contributed by atoms with Crippen LogP contribution in [-0.2, 0) is 4.79 Å². The zero-order valence-corrected chi connectivity index (χ0v) is 22.3. The van der Waals surface area contributed by atoms with Crippen LogP contribution in [0.4, 0.5) is 0 Å². The lowest BCUT2D eigenvalue weighted by atomic mass is 9.62. The summed E-state index contributed by atoms with van der Waals surface area (Å²) in [6, 6.07) is 1.68. The van der Waals surface area contributed by atoms with Crippen molar-refractivity contribution in [1.82, 2.24) is 0 Å². The number of rotatable bonds is 5. The van der Waals surface area contributed by atoms with E-state index in [1.165, 1.54) is 0 Å². The Bertz CT molecular complexity index is 1460. The second kappa shape index (κ2) is 9.51. The summed E-state index contributed by atoms with van der Waals surface area (Å²) in [5, 5.41) is 66.4. The molecule has 2 aromatic carbocycles. The maximum atomic E-state index is 12.1. The fourth-order valence-electron chi connectivity index (χ4n) is 6.49. The lowest BCUT2D eigenvalue weighted by Gasteiger charge is -2.44. The number of fused-ring (bicyclic) bond motifs is 2. The highest BCUT2D eigenvalue weighted by Gasteiger charge is 2.48. The van der Waals surface area contributed by atoms with Gasteiger partial charge in [-0.1, -0.05) is 39.8 Å². The van der Waals surface area contributed by atoms with Gasteiger partial charge in [-0.2, -0.15) is 0 Å². The van der Waals surface area contributed by atoms with Crippen LogP contribution < -0.4 is 0 Å². The van der Waals surface area contributed by atoms with E-state index in [0.717, 1.165) is 0 Å². The minimum Gasteiger partial charge on any atom is -0.511 e. The van der Waals surface area contributed by atoms with Gasteiger partial charge in [0, 0.05) is 33.6 Å². The van der Waals surface area contributed by atoms with Gasteiger partial charge in [0.05, 0.1) is 11.5 Å². The van der Waals surface area contributed by atoms with E-state index in [1.54, 1.807) is 33.8 Å². The first-order chi connectivity index (χ1) is 17.8. The van der Waals surface area contributed by atoms with E-state index in [2.05, 4.69) is 0 Å². The van der Waals surface area contributed by atoms with E-state index in [1.807, 2.05) is 19.9 Å². The third-order valence-electron chi connectivity index (χ3n) is 8.13. The molecule has 202 valence electrons. The number of aromatic hydroxyl groups is 3. The van der Waals surface area contributed by atoms with E-state index in [-0.39, 0.29) is 51.0 Å². The predicted molar refractivity (Wildman–Crippen MR) is 143 cm³/mol. The van der Waals surface area contributed by atoms with Crippen LogP contribution in [0.15, 0.2) is 34.8 Å². The number of allylic oxidation sites excluding steroid dienone is 4. The van der Waals surface area contributed by atoms with E-state index in [4.69, 9.17) is 0 Å². The largest absolute Gasteiger partial charge is 0.511 e. The number of aliphatic hydroxyl groups is 3. The smallest absolute Gasteiger partial charge is 0.169 e. The van der Waals surface area contributed by atoms with Crippen molar-refractivity contribution in [1.29, 1.82) is 0 Å². The number of aldehydes is 2. The van der Waals surface area contributed by atoms with Crippen LogP contribution >= 0.6 is 0 Å². The van der Waals surface area contributed by atoms with Gasteiger partial charge in [0.2, 0.25) is 0 Å².